The maximum Gasteiger partial charge on any atom is 0.271 e. The average Bonchev–Trinajstić information content (AvgIpc) is 3.20. The van der Waals surface area contributed by atoms with Crippen LogP contribution in [0, 0.1) is 5.82 Å². The lowest BCUT2D eigenvalue weighted by Crippen LogP contribution is -2.22. The van der Waals surface area contributed by atoms with Gasteiger partial charge in [-0.2, -0.15) is 5.10 Å². The second-order valence-electron chi connectivity index (χ2n) is 6.81. The number of benzene rings is 2. The number of ether oxygens (including phenoxy) is 1. The molecule has 4 rings (SSSR count). The van der Waals surface area contributed by atoms with E-state index in [2.05, 4.69) is 15.5 Å². The summed E-state index contributed by atoms with van der Waals surface area (Å²) in [7, 11) is 1.39. The first-order valence-electron chi connectivity index (χ1n) is 9.20. The van der Waals surface area contributed by atoms with Gasteiger partial charge in [-0.05, 0) is 49.7 Å². The lowest BCUT2D eigenvalue weighted by molar-refractivity contribution is 0.0955. The quantitative estimate of drug-likeness (QED) is 0.545. The fourth-order valence-electron chi connectivity index (χ4n) is 3.38. The minimum atomic E-state index is -0.509. The van der Waals surface area contributed by atoms with Crippen molar-refractivity contribution in [2.45, 2.75) is 26.3 Å². The molecular formula is C21H19FN4O3. The number of nitrogens with zero attached hydrogens (tertiary/aromatic N) is 3. The second-order valence-corrected chi connectivity index (χ2v) is 6.81. The Bertz CT molecular complexity index is 1220. The number of nitrogens with one attached hydrogen (secondary N) is 1. The van der Waals surface area contributed by atoms with Crippen LogP contribution in [0.25, 0.3) is 10.9 Å². The van der Waals surface area contributed by atoms with Crippen LogP contribution < -0.4 is 15.7 Å². The van der Waals surface area contributed by atoms with Gasteiger partial charge in [-0.1, -0.05) is 0 Å². The molecule has 1 aliphatic rings. The van der Waals surface area contributed by atoms with Crippen LogP contribution in [0.5, 0.6) is 5.75 Å². The number of aryl methyl sites for hydroxylation is 1. The number of hydrazone groups is 1. The van der Waals surface area contributed by atoms with E-state index in [4.69, 9.17) is 4.74 Å². The van der Waals surface area contributed by atoms with Crippen molar-refractivity contribution in [3.05, 3.63) is 69.5 Å². The third-order valence-corrected chi connectivity index (χ3v) is 4.97. The molecule has 0 bridgehead atoms. The Morgan fingerprint density at radius 1 is 1.24 bits per heavy atom. The van der Waals surface area contributed by atoms with Gasteiger partial charge in [0.25, 0.3) is 11.5 Å². The van der Waals surface area contributed by atoms with Gasteiger partial charge in [0.15, 0.2) is 11.6 Å². The number of methoxy groups -OCH3 is 1. The minimum Gasteiger partial charge on any atom is -0.494 e. The number of fused-ring (bicyclic) bond motifs is 2. The van der Waals surface area contributed by atoms with Crippen LogP contribution in [0.3, 0.4) is 0 Å². The molecule has 3 aromatic rings. The van der Waals surface area contributed by atoms with E-state index in [1.54, 1.807) is 35.8 Å². The molecule has 29 heavy (non-hydrogen) atoms. The van der Waals surface area contributed by atoms with E-state index in [0.717, 1.165) is 18.7 Å². The van der Waals surface area contributed by atoms with Crippen LogP contribution in [0.2, 0.25) is 0 Å². The summed E-state index contributed by atoms with van der Waals surface area (Å²) >= 11 is 0. The Kier molecular flexibility index (Phi) is 4.84. The van der Waals surface area contributed by atoms with Crippen LogP contribution >= 0.6 is 0 Å². The van der Waals surface area contributed by atoms with Gasteiger partial charge in [0.2, 0.25) is 0 Å². The molecule has 0 radical (unpaired) electrons. The SMILES string of the molecule is COc1ccc(/C(C)=N\NC(=O)c2ccc3c(=O)n4c(nc3c2)CCC4)cc1F. The van der Waals surface area contributed by atoms with Gasteiger partial charge in [0.1, 0.15) is 5.82 Å². The van der Waals surface area contributed by atoms with E-state index in [0.29, 0.717) is 34.3 Å². The molecule has 0 fully saturated rings. The summed E-state index contributed by atoms with van der Waals surface area (Å²) in [4.78, 5) is 29.5. The number of hydrogen-bond acceptors (Lipinski definition) is 5. The summed E-state index contributed by atoms with van der Waals surface area (Å²) in [5.74, 6) is -0.0694. The molecule has 2 aromatic carbocycles. The maximum atomic E-state index is 13.8. The van der Waals surface area contributed by atoms with Crippen LogP contribution in [0.15, 0.2) is 46.3 Å². The van der Waals surface area contributed by atoms with Crippen molar-refractivity contribution >= 4 is 22.5 Å². The molecule has 1 N–H and O–H groups in total. The van der Waals surface area contributed by atoms with Crippen molar-refractivity contribution < 1.29 is 13.9 Å². The molecule has 8 heteroatoms. The lowest BCUT2D eigenvalue weighted by Gasteiger charge is -2.07. The van der Waals surface area contributed by atoms with Gasteiger partial charge >= 0.3 is 0 Å². The molecular weight excluding hydrogens is 375 g/mol. The number of hydrogen-bond donors (Lipinski definition) is 1. The van der Waals surface area contributed by atoms with Crippen molar-refractivity contribution in [1.29, 1.82) is 0 Å². The smallest absolute Gasteiger partial charge is 0.271 e. The third kappa shape index (κ3) is 3.49. The number of aromatic nitrogens is 2. The number of halogens is 1. The van der Waals surface area contributed by atoms with Crippen LogP contribution in [0.1, 0.15) is 35.1 Å². The highest BCUT2D eigenvalue weighted by atomic mass is 19.1. The highest BCUT2D eigenvalue weighted by molar-refractivity contribution is 6.01. The highest BCUT2D eigenvalue weighted by Crippen LogP contribution is 2.18. The summed E-state index contributed by atoms with van der Waals surface area (Å²) in [5.41, 5.74) is 4.17. The summed E-state index contributed by atoms with van der Waals surface area (Å²) in [6.45, 7) is 2.34. The normalized spacial score (nSPS) is 13.4. The number of rotatable bonds is 4. The highest BCUT2D eigenvalue weighted by Gasteiger charge is 2.17. The number of carbonyl (C=O) groups is 1. The topological polar surface area (TPSA) is 85.6 Å². The first-order valence-corrected chi connectivity index (χ1v) is 9.20. The van der Waals surface area contributed by atoms with Gasteiger partial charge in [0, 0.05) is 24.1 Å². The van der Waals surface area contributed by atoms with Crippen LogP contribution in [-0.2, 0) is 13.0 Å². The van der Waals surface area contributed by atoms with E-state index >= 15 is 0 Å². The van der Waals surface area contributed by atoms with Gasteiger partial charge in [-0.15, -0.1) is 0 Å². The van der Waals surface area contributed by atoms with Crippen LogP contribution in [-0.4, -0.2) is 28.3 Å². The van der Waals surface area contributed by atoms with Crippen molar-refractivity contribution in [2.24, 2.45) is 5.10 Å². The Morgan fingerprint density at radius 3 is 2.79 bits per heavy atom. The Morgan fingerprint density at radius 2 is 2.03 bits per heavy atom. The lowest BCUT2D eigenvalue weighted by atomic mass is 10.1. The fraction of sp³-hybridized carbons (Fsp3) is 0.238. The molecule has 148 valence electrons. The van der Waals surface area contributed by atoms with Crippen molar-refractivity contribution in [3.8, 4) is 5.75 Å². The Balaban J connectivity index is 1.57. The zero-order valence-electron chi connectivity index (χ0n) is 16.0. The van der Waals surface area contributed by atoms with Crippen molar-refractivity contribution in [1.82, 2.24) is 15.0 Å². The summed E-state index contributed by atoms with van der Waals surface area (Å²) in [5, 5.41) is 4.53. The maximum absolute atomic E-state index is 13.8. The number of carbonyl (C=O) groups excluding carboxylic acids is 1. The molecule has 1 amide bonds. The Labute approximate surface area is 165 Å². The van der Waals surface area contributed by atoms with Crippen molar-refractivity contribution in [3.63, 3.8) is 0 Å². The number of amides is 1. The van der Waals surface area contributed by atoms with E-state index in [1.807, 2.05) is 0 Å². The molecule has 0 unspecified atom stereocenters. The van der Waals surface area contributed by atoms with E-state index in [1.165, 1.54) is 19.2 Å². The van der Waals surface area contributed by atoms with E-state index < -0.39 is 11.7 Å². The molecule has 1 aromatic heterocycles. The third-order valence-electron chi connectivity index (χ3n) is 4.97. The monoisotopic (exact) mass is 394 g/mol. The molecule has 0 saturated heterocycles. The molecule has 0 spiro atoms. The second kappa shape index (κ2) is 7.46. The molecule has 7 nitrogen and oxygen atoms in total. The Hall–Kier alpha value is -3.55. The largest absolute Gasteiger partial charge is 0.494 e. The first kappa shape index (κ1) is 18.8. The van der Waals surface area contributed by atoms with Crippen molar-refractivity contribution in [2.75, 3.05) is 7.11 Å². The molecule has 0 aliphatic carbocycles. The standard InChI is InChI=1S/C21H19FN4O3/c1-12(13-6-8-18(29-2)16(22)10-13)24-25-20(27)14-5-7-15-17(11-14)23-19-4-3-9-26(19)21(15)28/h5-8,10-11H,3-4,9H2,1-2H3,(H,25,27)/b24-12-. The summed E-state index contributed by atoms with van der Waals surface area (Å²) < 4.78 is 20.4. The first-order chi connectivity index (χ1) is 14.0. The average molecular weight is 394 g/mol. The molecule has 1 aliphatic heterocycles. The summed E-state index contributed by atoms with van der Waals surface area (Å²) in [6.07, 6.45) is 1.65. The minimum absolute atomic E-state index is 0.0788. The summed E-state index contributed by atoms with van der Waals surface area (Å²) in [6, 6.07) is 9.21. The zero-order chi connectivity index (χ0) is 20.5. The van der Waals surface area contributed by atoms with Gasteiger partial charge < -0.3 is 4.74 Å². The predicted molar refractivity (Wildman–Crippen MR) is 107 cm³/mol. The van der Waals surface area contributed by atoms with Gasteiger partial charge in [-0.3, -0.25) is 14.2 Å². The van der Waals surface area contributed by atoms with Gasteiger partial charge in [0.05, 0.1) is 23.7 Å². The van der Waals surface area contributed by atoms with Crippen LogP contribution in [0.4, 0.5) is 4.39 Å². The van der Waals surface area contributed by atoms with E-state index in [-0.39, 0.29) is 11.3 Å². The molecule has 0 atom stereocenters. The molecule has 2 heterocycles. The predicted octanol–water partition coefficient (Wildman–Crippen LogP) is 2.64. The molecule has 0 saturated carbocycles. The zero-order valence-corrected chi connectivity index (χ0v) is 16.0. The van der Waals surface area contributed by atoms with E-state index in [9.17, 15) is 14.0 Å². The van der Waals surface area contributed by atoms with Gasteiger partial charge in [-0.25, -0.2) is 14.8 Å². The fourth-order valence-corrected chi connectivity index (χ4v) is 3.38.